The number of Topliss-reactive ketones (excluding diaryl/α,β-unsaturated/α-hetero) is 2. The highest BCUT2D eigenvalue weighted by atomic mass is 79.9. The summed E-state index contributed by atoms with van der Waals surface area (Å²) in [6, 6.07) is 21.2. The van der Waals surface area contributed by atoms with Crippen LogP contribution in [0.25, 0.3) is 0 Å². The Morgan fingerprint density at radius 2 is 0.952 bits per heavy atom. The molecule has 4 aliphatic carbocycles. The summed E-state index contributed by atoms with van der Waals surface area (Å²) in [5.41, 5.74) is 0.158. The Bertz CT molecular complexity index is 1260. The molecule has 2 aromatic rings. The van der Waals surface area contributed by atoms with E-state index in [1.165, 1.54) is 11.1 Å². The van der Waals surface area contributed by atoms with Crippen molar-refractivity contribution in [1.29, 1.82) is 0 Å². The molecule has 8 atom stereocenters. The lowest BCUT2D eigenvalue weighted by molar-refractivity contribution is -0.167. The lowest BCUT2D eigenvalue weighted by atomic mass is 9.45. The minimum Gasteiger partial charge on any atom is -0.298 e. The van der Waals surface area contributed by atoms with Crippen LogP contribution in [0.4, 0.5) is 0 Å². The standard InChI is InChI=1S/C38H48Br2O2/c1-33(2)29-19-21-35(33,5)31(41)37(29,23-17-27(39)25-13-9-7-10-14-25)38(24-18-28(40)26-15-11-8-12-16-26)30-20-22-36(6,32(38)42)34(30,3)4/h7-16,27-30H,17-24H2,1-6H3/t27-,28-,29+,30+,35-,36+,37+,38-/m0/s1. The number of benzene rings is 2. The van der Waals surface area contributed by atoms with E-state index in [0.29, 0.717) is 11.6 Å². The van der Waals surface area contributed by atoms with Crippen molar-refractivity contribution in [2.45, 2.75) is 103 Å². The van der Waals surface area contributed by atoms with Gasteiger partial charge in [0.05, 0.1) is 0 Å². The van der Waals surface area contributed by atoms with E-state index in [0.717, 1.165) is 51.4 Å². The number of ketones is 2. The first-order chi connectivity index (χ1) is 19.7. The van der Waals surface area contributed by atoms with Crippen LogP contribution >= 0.6 is 31.9 Å². The van der Waals surface area contributed by atoms with Crippen molar-refractivity contribution >= 4 is 43.4 Å². The van der Waals surface area contributed by atoms with E-state index in [-0.39, 0.29) is 43.2 Å². The maximum absolute atomic E-state index is 15.4. The minimum absolute atomic E-state index is 0.133. The molecule has 0 aliphatic heterocycles. The number of hydrogen-bond acceptors (Lipinski definition) is 2. The van der Waals surface area contributed by atoms with E-state index in [1.807, 2.05) is 0 Å². The van der Waals surface area contributed by atoms with Gasteiger partial charge in [-0.05, 0) is 85.2 Å². The van der Waals surface area contributed by atoms with Crippen LogP contribution in [0.2, 0.25) is 0 Å². The Kier molecular flexibility index (Phi) is 7.42. The predicted octanol–water partition coefficient (Wildman–Crippen LogP) is 10.8. The van der Waals surface area contributed by atoms with Gasteiger partial charge in [0.15, 0.2) is 0 Å². The van der Waals surface area contributed by atoms with Gasteiger partial charge < -0.3 is 0 Å². The van der Waals surface area contributed by atoms with Gasteiger partial charge in [0.2, 0.25) is 0 Å². The second-order valence-corrected chi connectivity index (χ2v) is 17.9. The van der Waals surface area contributed by atoms with Crippen molar-refractivity contribution in [2.24, 2.45) is 44.3 Å². The Labute approximate surface area is 270 Å². The van der Waals surface area contributed by atoms with Gasteiger partial charge in [0.25, 0.3) is 0 Å². The highest BCUT2D eigenvalue weighted by Crippen LogP contribution is 2.83. The molecule has 4 heteroatoms. The van der Waals surface area contributed by atoms with E-state index in [1.54, 1.807) is 0 Å². The highest BCUT2D eigenvalue weighted by molar-refractivity contribution is 9.09. The molecule has 2 aromatic carbocycles. The summed E-state index contributed by atoms with van der Waals surface area (Å²) in [5.74, 6) is 1.25. The Morgan fingerprint density at radius 1 is 0.619 bits per heavy atom. The number of alkyl halides is 2. The summed E-state index contributed by atoms with van der Waals surface area (Å²) in [5, 5.41) is 0. The molecule has 0 heterocycles. The molecule has 42 heavy (non-hydrogen) atoms. The lowest BCUT2D eigenvalue weighted by Gasteiger charge is -2.56. The summed E-state index contributed by atoms with van der Waals surface area (Å²) in [6.07, 6.45) is 7.23. The zero-order chi connectivity index (χ0) is 30.3. The van der Waals surface area contributed by atoms with E-state index < -0.39 is 10.8 Å². The quantitative estimate of drug-likeness (QED) is 0.245. The third-order valence-electron chi connectivity index (χ3n) is 14.2. The average molecular weight is 697 g/mol. The molecule has 0 amide bonds. The first kappa shape index (κ1) is 30.8. The maximum Gasteiger partial charge on any atom is 0.146 e. The second kappa shape index (κ2) is 10.1. The van der Waals surface area contributed by atoms with Crippen LogP contribution in [-0.4, -0.2) is 11.6 Å². The molecule has 4 saturated carbocycles. The van der Waals surface area contributed by atoms with Crippen molar-refractivity contribution in [1.82, 2.24) is 0 Å². The third-order valence-corrected chi connectivity index (χ3v) is 16.1. The molecule has 0 saturated heterocycles. The van der Waals surface area contributed by atoms with Gasteiger partial charge in [-0.1, -0.05) is 134 Å². The number of rotatable bonds is 9. The van der Waals surface area contributed by atoms with Crippen molar-refractivity contribution in [2.75, 3.05) is 0 Å². The normalized spacial score (nSPS) is 39.1. The van der Waals surface area contributed by atoms with Crippen LogP contribution < -0.4 is 0 Å². The number of carbonyl (C=O) groups excluding carboxylic acids is 2. The molecule has 0 spiro atoms. The van der Waals surface area contributed by atoms with Gasteiger partial charge in [-0.2, -0.15) is 0 Å². The van der Waals surface area contributed by atoms with Crippen LogP contribution in [0.5, 0.6) is 0 Å². The highest BCUT2D eigenvalue weighted by Gasteiger charge is 2.85. The monoisotopic (exact) mass is 694 g/mol. The van der Waals surface area contributed by atoms with Crippen LogP contribution in [-0.2, 0) is 9.59 Å². The first-order valence-electron chi connectivity index (χ1n) is 16.2. The topological polar surface area (TPSA) is 34.1 Å². The van der Waals surface area contributed by atoms with E-state index in [4.69, 9.17) is 0 Å². The number of hydrogen-bond donors (Lipinski definition) is 0. The van der Waals surface area contributed by atoms with Crippen molar-refractivity contribution in [3.05, 3.63) is 71.8 Å². The SMILES string of the molecule is CC1(C)[C@H]2CC[C@@]1(C)C(=O)[C@]2(CC[C@H](Br)c1ccccc1)[C@]1(CC[C@H](Br)c2ccccc2)C(=O)[C@@]2(C)CC[C@@H]1C2(C)C. The summed E-state index contributed by atoms with van der Waals surface area (Å²) in [4.78, 5) is 31.2. The molecule has 0 aromatic heterocycles. The molecular weight excluding hydrogens is 648 g/mol. The lowest BCUT2D eigenvalue weighted by Crippen LogP contribution is -2.60. The van der Waals surface area contributed by atoms with E-state index >= 15 is 9.59 Å². The summed E-state index contributed by atoms with van der Waals surface area (Å²) < 4.78 is 0. The molecular formula is C38H48Br2O2. The number of fused-ring (bicyclic) bond motifs is 4. The first-order valence-corrected chi connectivity index (χ1v) is 18.0. The minimum atomic E-state index is -0.648. The fraction of sp³-hybridized carbons (Fsp3) is 0.632. The molecule has 0 unspecified atom stereocenters. The summed E-state index contributed by atoms with van der Waals surface area (Å²) >= 11 is 8.07. The molecule has 4 fully saturated rings. The zero-order valence-corrected chi connectivity index (χ0v) is 29.5. The van der Waals surface area contributed by atoms with Gasteiger partial charge in [-0.25, -0.2) is 0 Å². The van der Waals surface area contributed by atoms with Gasteiger partial charge >= 0.3 is 0 Å². The Morgan fingerprint density at radius 3 is 1.24 bits per heavy atom. The predicted molar refractivity (Wildman–Crippen MR) is 179 cm³/mol. The second-order valence-electron chi connectivity index (χ2n) is 15.7. The van der Waals surface area contributed by atoms with Gasteiger partial charge in [-0.3, -0.25) is 9.59 Å². The van der Waals surface area contributed by atoms with Crippen LogP contribution in [0.1, 0.15) is 114 Å². The Hall–Kier alpha value is -1.26. The molecule has 6 rings (SSSR count). The van der Waals surface area contributed by atoms with E-state index in [9.17, 15) is 0 Å². The fourth-order valence-corrected chi connectivity index (χ4v) is 12.3. The zero-order valence-electron chi connectivity index (χ0n) is 26.3. The molecule has 4 bridgehead atoms. The van der Waals surface area contributed by atoms with Gasteiger partial charge in [-0.15, -0.1) is 0 Å². The molecule has 0 N–H and O–H groups in total. The summed E-state index contributed by atoms with van der Waals surface area (Å²) in [6.45, 7) is 13.9. The summed E-state index contributed by atoms with van der Waals surface area (Å²) in [7, 11) is 0. The molecule has 226 valence electrons. The average Bonchev–Trinajstić information content (AvgIpc) is 3.46. The van der Waals surface area contributed by atoms with Gasteiger partial charge in [0.1, 0.15) is 11.6 Å². The molecule has 2 nitrogen and oxygen atoms in total. The largest absolute Gasteiger partial charge is 0.298 e. The number of halogens is 2. The van der Waals surface area contributed by atoms with Crippen LogP contribution in [0, 0.1) is 44.3 Å². The third kappa shape index (κ3) is 3.72. The van der Waals surface area contributed by atoms with Crippen molar-refractivity contribution < 1.29 is 9.59 Å². The van der Waals surface area contributed by atoms with E-state index in [2.05, 4.69) is 134 Å². The maximum atomic E-state index is 15.4. The van der Waals surface area contributed by atoms with Crippen molar-refractivity contribution in [3.8, 4) is 0 Å². The smallest absolute Gasteiger partial charge is 0.146 e. The molecule has 4 aliphatic rings. The fourth-order valence-electron chi connectivity index (χ4n) is 11.3. The van der Waals surface area contributed by atoms with Crippen molar-refractivity contribution in [3.63, 3.8) is 0 Å². The van der Waals surface area contributed by atoms with Gasteiger partial charge in [0, 0.05) is 31.3 Å². The number of carbonyl (C=O) groups is 2. The van der Waals surface area contributed by atoms with Crippen LogP contribution in [0.3, 0.4) is 0 Å². The molecule has 0 radical (unpaired) electrons. The Balaban J connectivity index is 1.51. The van der Waals surface area contributed by atoms with Crippen LogP contribution in [0.15, 0.2) is 60.7 Å².